The maximum atomic E-state index is 5.62. The monoisotopic (exact) mass is 415 g/mol. The Labute approximate surface area is 178 Å². The molecule has 158 valence electrons. The lowest BCUT2D eigenvalue weighted by molar-refractivity contribution is 0.341. The van der Waals surface area contributed by atoms with Crippen LogP contribution in [0.4, 0.5) is 11.8 Å². The Morgan fingerprint density at radius 3 is 2.66 bits per heavy atom. The third-order valence-corrected chi connectivity index (χ3v) is 5.93. The molecule has 2 heterocycles. The van der Waals surface area contributed by atoms with Crippen LogP contribution in [0.25, 0.3) is 0 Å². The lowest BCUT2D eigenvalue weighted by atomic mass is 10.1. The number of nitrogens with one attached hydrogen (secondary N) is 1. The topological polar surface area (TPSA) is 63.2 Å². The summed E-state index contributed by atoms with van der Waals surface area (Å²) in [4.78, 5) is 16.1. The van der Waals surface area contributed by atoms with Crippen LogP contribution in [0.15, 0.2) is 24.5 Å². The molecule has 1 saturated carbocycles. The van der Waals surface area contributed by atoms with E-state index in [-0.39, 0.29) is 0 Å². The minimum atomic E-state index is 0.604. The summed E-state index contributed by atoms with van der Waals surface area (Å²) in [5, 5.41) is 3.34. The van der Waals surface area contributed by atoms with Gasteiger partial charge in [0, 0.05) is 36.6 Å². The third kappa shape index (κ3) is 6.49. The zero-order valence-electron chi connectivity index (χ0n) is 17.9. The summed E-state index contributed by atoms with van der Waals surface area (Å²) in [7, 11) is 0. The van der Waals surface area contributed by atoms with Crippen LogP contribution in [0, 0.1) is 12.8 Å². The van der Waals surface area contributed by atoms with Gasteiger partial charge >= 0.3 is 0 Å². The molecule has 1 fully saturated rings. The van der Waals surface area contributed by atoms with E-state index in [9.17, 15) is 0 Å². The fourth-order valence-electron chi connectivity index (χ4n) is 3.75. The minimum absolute atomic E-state index is 0.604. The van der Waals surface area contributed by atoms with Crippen molar-refractivity contribution in [3.63, 3.8) is 0 Å². The first-order valence-corrected chi connectivity index (χ1v) is 12.0. The van der Waals surface area contributed by atoms with E-state index in [1.165, 1.54) is 31.2 Å². The second kappa shape index (κ2) is 11.2. The molecule has 1 aliphatic rings. The van der Waals surface area contributed by atoms with Gasteiger partial charge in [-0.1, -0.05) is 18.9 Å². The summed E-state index contributed by atoms with van der Waals surface area (Å²) in [6.07, 6.45) is 10.9. The maximum Gasteiger partial charge on any atom is 0.223 e. The molecule has 0 atom stereocenters. The molecule has 0 amide bonds. The molecule has 0 saturated heterocycles. The van der Waals surface area contributed by atoms with Crippen LogP contribution in [0.5, 0.6) is 5.75 Å². The number of rotatable bonds is 11. The summed E-state index contributed by atoms with van der Waals surface area (Å²) < 4.78 is 5.62. The number of pyridine rings is 1. The van der Waals surface area contributed by atoms with Crippen molar-refractivity contribution in [1.29, 1.82) is 0 Å². The lowest BCUT2D eigenvalue weighted by Gasteiger charge is -2.27. The fourth-order valence-corrected chi connectivity index (χ4v) is 4.00. The van der Waals surface area contributed by atoms with Crippen LogP contribution in [0.3, 0.4) is 0 Å². The number of anilines is 2. The Kier molecular flexibility index (Phi) is 8.40. The van der Waals surface area contributed by atoms with Crippen LogP contribution in [-0.2, 0) is 6.54 Å². The average Bonchev–Trinajstić information content (AvgIpc) is 3.25. The predicted molar refractivity (Wildman–Crippen MR) is 122 cm³/mol. The molecule has 0 aromatic carbocycles. The molecule has 1 aliphatic carbocycles. The molecular formula is C22H33N5OS. The molecule has 2 aromatic heterocycles. The van der Waals surface area contributed by atoms with Crippen molar-refractivity contribution >= 4 is 23.5 Å². The summed E-state index contributed by atoms with van der Waals surface area (Å²) in [6, 6.07) is 4.25. The Hall–Kier alpha value is -2.02. The van der Waals surface area contributed by atoms with Gasteiger partial charge in [-0.3, -0.25) is 0 Å². The molecule has 0 spiro atoms. The van der Waals surface area contributed by atoms with E-state index in [1.807, 2.05) is 0 Å². The molecular weight excluding hydrogens is 382 g/mol. The number of aromatic nitrogens is 3. The van der Waals surface area contributed by atoms with Crippen LogP contribution in [0.1, 0.15) is 43.9 Å². The van der Waals surface area contributed by atoms with Crippen molar-refractivity contribution in [3.8, 4) is 5.75 Å². The van der Waals surface area contributed by atoms with E-state index in [2.05, 4.69) is 52.4 Å². The summed E-state index contributed by atoms with van der Waals surface area (Å²) in [6.45, 7) is 7.66. The molecule has 0 aliphatic heterocycles. The third-order valence-electron chi connectivity index (χ3n) is 5.35. The maximum absolute atomic E-state index is 5.62. The molecule has 0 radical (unpaired) electrons. The molecule has 6 nitrogen and oxygen atoms in total. The van der Waals surface area contributed by atoms with E-state index >= 15 is 0 Å². The summed E-state index contributed by atoms with van der Waals surface area (Å²) >= 11 is 1.76. The molecule has 3 rings (SSSR count). The highest BCUT2D eigenvalue weighted by Gasteiger charge is 2.20. The zero-order valence-corrected chi connectivity index (χ0v) is 18.7. The van der Waals surface area contributed by atoms with Crippen molar-refractivity contribution in [2.24, 2.45) is 5.92 Å². The van der Waals surface area contributed by atoms with E-state index < -0.39 is 0 Å². The van der Waals surface area contributed by atoms with Crippen molar-refractivity contribution in [2.75, 3.05) is 41.9 Å². The average molecular weight is 416 g/mol. The second-order valence-corrected chi connectivity index (χ2v) is 8.55. The van der Waals surface area contributed by atoms with Crippen molar-refractivity contribution < 1.29 is 4.74 Å². The van der Waals surface area contributed by atoms with Gasteiger partial charge in [-0.2, -0.15) is 11.8 Å². The Morgan fingerprint density at radius 2 is 1.97 bits per heavy atom. The molecule has 7 heteroatoms. The first-order chi connectivity index (χ1) is 14.2. The van der Waals surface area contributed by atoms with Crippen molar-refractivity contribution in [3.05, 3.63) is 35.8 Å². The van der Waals surface area contributed by atoms with Gasteiger partial charge in [0.05, 0.1) is 19.0 Å². The number of aryl methyl sites for hydroxylation is 1. The molecule has 1 N–H and O–H groups in total. The second-order valence-electron chi connectivity index (χ2n) is 7.56. The normalized spacial score (nSPS) is 14.2. The highest BCUT2D eigenvalue weighted by molar-refractivity contribution is 7.98. The van der Waals surface area contributed by atoms with E-state index in [4.69, 9.17) is 9.72 Å². The number of nitrogens with zero attached hydrogens (tertiary/aromatic N) is 4. The van der Waals surface area contributed by atoms with Gasteiger partial charge in [0.1, 0.15) is 5.82 Å². The SMILES string of the molecule is CCN(CC1CCCC1)c1nc(C)ccc1CNc1ncc(OCCSC)cn1. The Balaban J connectivity index is 1.64. The van der Waals surface area contributed by atoms with Gasteiger partial charge in [0.2, 0.25) is 5.95 Å². The number of thioether (sulfide) groups is 1. The van der Waals surface area contributed by atoms with Crippen LogP contribution < -0.4 is 15.0 Å². The summed E-state index contributed by atoms with van der Waals surface area (Å²) in [5.74, 6) is 4.14. The largest absolute Gasteiger partial charge is 0.489 e. The van der Waals surface area contributed by atoms with Gasteiger partial charge in [-0.05, 0) is 44.9 Å². The minimum Gasteiger partial charge on any atom is -0.489 e. The quantitative estimate of drug-likeness (QED) is 0.540. The van der Waals surface area contributed by atoms with Gasteiger partial charge in [-0.15, -0.1) is 0 Å². The van der Waals surface area contributed by atoms with Crippen molar-refractivity contribution in [1.82, 2.24) is 15.0 Å². The Morgan fingerprint density at radius 1 is 1.21 bits per heavy atom. The van der Waals surface area contributed by atoms with E-state index in [0.717, 1.165) is 36.3 Å². The molecule has 29 heavy (non-hydrogen) atoms. The summed E-state index contributed by atoms with van der Waals surface area (Å²) in [5.41, 5.74) is 2.23. The first kappa shape index (κ1) is 21.7. The molecule has 0 unspecified atom stereocenters. The smallest absolute Gasteiger partial charge is 0.223 e. The lowest BCUT2D eigenvalue weighted by Crippen LogP contribution is -2.30. The number of ether oxygens (including phenoxy) is 1. The highest BCUT2D eigenvalue weighted by Crippen LogP contribution is 2.28. The van der Waals surface area contributed by atoms with Crippen LogP contribution in [0.2, 0.25) is 0 Å². The van der Waals surface area contributed by atoms with Gasteiger partial charge in [0.25, 0.3) is 0 Å². The number of hydrogen-bond acceptors (Lipinski definition) is 7. The van der Waals surface area contributed by atoms with Crippen molar-refractivity contribution in [2.45, 2.75) is 46.1 Å². The molecule has 0 bridgehead atoms. The van der Waals surface area contributed by atoms with Crippen LogP contribution >= 0.6 is 11.8 Å². The standard InChI is InChI=1S/C22H33N5OS/c1-4-27(16-18-7-5-6-8-18)21-19(10-9-17(2)26-21)13-23-22-24-14-20(15-25-22)28-11-12-29-3/h9-10,14-15,18H,4-8,11-13,16H2,1-3H3,(H,23,24,25). The predicted octanol–water partition coefficient (Wildman–Crippen LogP) is 4.55. The fraction of sp³-hybridized carbons (Fsp3) is 0.591. The molecule has 2 aromatic rings. The Bertz CT molecular complexity index is 749. The highest BCUT2D eigenvalue weighted by atomic mass is 32.2. The zero-order chi connectivity index (χ0) is 20.5. The first-order valence-electron chi connectivity index (χ1n) is 10.6. The van der Waals surface area contributed by atoms with Crippen LogP contribution in [-0.4, -0.2) is 46.7 Å². The van der Waals surface area contributed by atoms with Gasteiger partial charge < -0.3 is 15.0 Å². The van der Waals surface area contributed by atoms with Gasteiger partial charge in [0.15, 0.2) is 5.75 Å². The van der Waals surface area contributed by atoms with E-state index in [0.29, 0.717) is 24.8 Å². The van der Waals surface area contributed by atoms with E-state index in [1.54, 1.807) is 24.2 Å². The number of hydrogen-bond donors (Lipinski definition) is 1. The van der Waals surface area contributed by atoms with Gasteiger partial charge in [-0.25, -0.2) is 15.0 Å².